The van der Waals surface area contributed by atoms with E-state index in [1.165, 1.54) is 0 Å². The average Bonchev–Trinajstić information content (AvgIpc) is 2.41. The lowest BCUT2D eigenvalue weighted by Crippen LogP contribution is -2.56. The molecule has 1 N–H and O–H groups in total. The van der Waals surface area contributed by atoms with Crippen LogP contribution in [0.5, 0.6) is 0 Å². The lowest BCUT2D eigenvalue weighted by Gasteiger charge is -2.36. The standard InChI is InChI=1S/C7H13NO5S2/c9-6-3-8(4-6)15(12,13)7-1-2-14(10,11)5-7/h6-7,9H,1-5H2. The van der Waals surface area contributed by atoms with E-state index in [1.807, 2.05) is 0 Å². The zero-order chi connectivity index (χ0) is 11.3. The molecule has 2 heterocycles. The molecule has 1 atom stereocenters. The second-order valence-corrected chi connectivity index (χ2v) is 8.48. The quantitative estimate of drug-likeness (QED) is 0.627. The molecule has 88 valence electrons. The highest BCUT2D eigenvalue weighted by molar-refractivity contribution is 7.95. The first kappa shape index (κ1) is 11.3. The molecule has 0 aliphatic carbocycles. The zero-order valence-corrected chi connectivity index (χ0v) is 9.67. The summed E-state index contributed by atoms with van der Waals surface area (Å²) >= 11 is 0. The van der Waals surface area contributed by atoms with Crippen molar-refractivity contribution in [3.8, 4) is 0 Å². The molecular formula is C7H13NO5S2. The number of nitrogens with zero attached hydrogens (tertiary/aromatic N) is 1. The number of hydrogen-bond acceptors (Lipinski definition) is 5. The highest BCUT2D eigenvalue weighted by atomic mass is 32.2. The van der Waals surface area contributed by atoms with Crippen molar-refractivity contribution < 1.29 is 21.9 Å². The van der Waals surface area contributed by atoms with Crippen molar-refractivity contribution in [2.24, 2.45) is 0 Å². The van der Waals surface area contributed by atoms with E-state index in [-0.39, 0.29) is 31.0 Å². The summed E-state index contributed by atoms with van der Waals surface area (Å²) in [5.74, 6) is -0.324. The van der Waals surface area contributed by atoms with Gasteiger partial charge in [0.1, 0.15) is 0 Å². The molecule has 0 amide bonds. The molecule has 0 saturated carbocycles. The molecule has 2 fully saturated rings. The van der Waals surface area contributed by atoms with Gasteiger partial charge in [-0.3, -0.25) is 0 Å². The summed E-state index contributed by atoms with van der Waals surface area (Å²) in [7, 11) is -6.69. The van der Waals surface area contributed by atoms with Crippen molar-refractivity contribution in [1.29, 1.82) is 0 Å². The van der Waals surface area contributed by atoms with Crippen molar-refractivity contribution in [3.05, 3.63) is 0 Å². The molecule has 0 aromatic heterocycles. The minimum atomic E-state index is -3.51. The second-order valence-electron chi connectivity index (χ2n) is 4.04. The maximum absolute atomic E-state index is 11.8. The average molecular weight is 255 g/mol. The SMILES string of the molecule is O=S1(=O)CCC(S(=O)(=O)N2CC(O)C2)C1. The van der Waals surface area contributed by atoms with Crippen LogP contribution in [0, 0.1) is 0 Å². The summed E-state index contributed by atoms with van der Waals surface area (Å²) in [5.41, 5.74) is 0. The van der Waals surface area contributed by atoms with Gasteiger partial charge in [-0.2, -0.15) is 4.31 Å². The van der Waals surface area contributed by atoms with E-state index in [4.69, 9.17) is 5.11 Å². The van der Waals surface area contributed by atoms with E-state index in [0.29, 0.717) is 0 Å². The Morgan fingerprint density at radius 2 is 1.87 bits per heavy atom. The van der Waals surface area contributed by atoms with Crippen LogP contribution in [0.2, 0.25) is 0 Å². The molecule has 0 aromatic carbocycles. The first-order valence-electron chi connectivity index (χ1n) is 4.69. The normalized spacial score (nSPS) is 32.7. The number of β-amino-alcohol motifs (C(OH)–C–C–N with tert-alkyl or cyclic N) is 1. The largest absolute Gasteiger partial charge is 0.390 e. The summed E-state index contributed by atoms with van der Waals surface area (Å²) in [6, 6.07) is 0. The molecule has 6 nitrogen and oxygen atoms in total. The van der Waals surface area contributed by atoms with Crippen LogP contribution in [0.3, 0.4) is 0 Å². The summed E-state index contributed by atoms with van der Waals surface area (Å²) in [4.78, 5) is 0. The predicted octanol–water partition coefficient (Wildman–Crippen LogP) is -1.82. The van der Waals surface area contributed by atoms with Gasteiger partial charge in [0.2, 0.25) is 10.0 Å². The van der Waals surface area contributed by atoms with Crippen LogP contribution in [0.25, 0.3) is 0 Å². The van der Waals surface area contributed by atoms with Crippen molar-refractivity contribution in [1.82, 2.24) is 4.31 Å². The van der Waals surface area contributed by atoms with Gasteiger partial charge in [-0.1, -0.05) is 0 Å². The number of sulfonamides is 1. The molecule has 2 aliphatic heterocycles. The Labute approximate surface area is 88.9 Å². The number of aliphatic hydroxyl groups excluding tert-OH is 1. The summed E-state index contributed by atoms with van der Waals surface area (Å²) in [6.45, 7) is 0.192. The van der Waals surface area contributed by atoms with E-state index in [1.54, 1.807) is 0 Å². The van der Waals surface area contributed by atoms with Gasteiger partial charge in [0.15, 0.2) is 9.84 Å². The third-order valence-corrected chi connectivity index (χ3v) is 7.04. The molecule has 2 rings (SSSR count). The van der Waals surface area contributed by atoms with Crippen molar-refractivity contribution in [2.75, 3.05) is 24.6 Å². The Morgan fingerprint density at radius 1 is 1.27 bits per heavy atom. The molecule has 0 bridgehead atoms. The number of rotatable bonds is 2. The minimum absolute atomic E-state index is 0.0483. The zero-order valence-electron chi connectivity index (χ0n) is 8.03. The van der Waals surface area contributed by atoms with Gasteiger partial charge in [-0.15, -0.1) is 0 Å². The van der Waals surface area contributed by atoms with Gasteiger partial charge in [0, 0.05) is 13.1 Å². The van der Waals surface area contributed by atoms with E-state index in [9.17, 15) is 16.8 Å². The van der Waals surface area contributed by atoms with Gasteiger partial charge >= 0.3 is 0 Å². The Bertz CT molecular complexity index is 448. The van der Waals surface area contributed by atoms with Crippen molar-refractivity contribution >= 4 is 19.9 Å². The highest BCUT2D eigenvalue weighted by Crippen LogP contribution is 2.25. The lowest BCUT2D eigenvalue weighted by molar-refractivity contribution is 0.0542. The monoisotopic (exact) mass is 255 g/mol. The maximum Gasteiger partial charge on any atom is 0.218 e. The first-order chi connectivity index (χ1) is 6.81. The third-order valence-electron chi connectivity index (χ3n) is 2.80. The van der Waals surface area contributed by atoms with E-state index >= 15 is 0 Å². The second kappa shape index (κ2) is 3.41. The van der Waals surface area contributed by atoms with E-state index in [0.717, 1.165) is 4.31 Å². The van der Waals surface area contributed by atoms with Crippen LogP contribution < -0.4 is 0 Å². The lowest BCUT2D eigenvalue weighted by atomic mass is 10.2. The van der Waals surface area contributed by atoms with Crippen LogP contribution in [-0.2, 0) is 19.9 Å². The van der Waals surface area contributed by atoms with Crippen LogP contribution in [0.1, 0.15) is 6.42 Å². The number of aliphatic hydroxyl groups is 1. The Morgan fingerprint density at radius 3 is 2.27 bits per heavy atom. The van der Waals surface area contributed by atoms with E-state index < -0.39 is 31.2 Å². The Kier molecular flexibility index (Phi) is 2.57. The molecule has 0 radical (unpaired) electrons. The fraction of sp³-hybridized carbons (Fsp3) is 1.00. The molecule has 1 unspecified atom stereocenters. The molecule has 2 aliphatic rings. The van der Waals surface area contributed by atoms with E-state index in [2.05, 4.69) is 0 Å². The number of hydrogen-bond donors (Lipinski definition) is 1. The van der Waals surface area contributed by atoms with Crippen molar-refractivity contribution in [3.63, 3.8) is 0 Å². The van der Waals surface area contributed by atoms with Gasteiger partial charge in [0.25, 0.3) is 0 Å². The van der Waals surface area contributed by atoms with Gasteiger partial charge < -0.3 is 5.11 Å². The molecule has 8 heteroatoms. The van der Waals surface area contributed by atoms with Crippen LogP contribution in [0.15, 0.2) is 0 Å². The summed E-state index contributed by atoms with van der Waals surface area (Å²) in [6.07, 6.45) is -0.421. The Balaban J connectivity index is 2.11. The van der Waals surface area contributed by atoms with Gasteiger partial charge in [0.05, 0.1) is 22.9 Å². The molecule has 0 aromatic rings. The minimum Gasteiger partial charge on any atom is -0.390 e. The maximum atomic E-state index is 11.8. The summed E-state index contributed by atoms with van der Waals surface area (Å²) in [5, 5.41) is 8.19. The first-order valence-corrected chi connectivity index (χ1v) is 8.01. The van der Waals surface area contributed by atoms with Crippen LogP contribution >= 0.6 is 0 Å². The molecular weight excluding hydrogens is 242 g/mol. The fourth-order valence-electron chi connectivity index (χ4n) is 1.83. The Hall–Kier alpha value is -0.180. The smallest absolute Gasteiger partial charge is 0.218 e. The fourth-order valence-corrected chi connectivity index (χ4v) is 6.43. The van der Waals surface area contributed by atoms with Crippen LogP contribution in [0.4, 0.5) is 0 Å². The highest BCUT2D eigenvalue weighted by Gasteiger charge is 2.44. The van der Waals surface area contributed by atoms with Gasteiger partial charge in [-0.25, -0.2) is 16.8 Å². The van der Waals surface area contributed by atoms with Crippen LogP contribution in [-0.4, -0.2) is 62.2 Å². The molecule has 2 saturated heterocycles. The van der Waals surface area contributed by atoms with Crippen molar-refractivity contribution in [2.45, 2.75) is 17.8 Å². The number of sulfone groups is 1. The topological polar surface area (TPSA) is 91.8 Å². The van der Waals surface area contributed by atoms with Gasteiger partial charge in [-0.05, 0) is 6.42 Å². The predicted molar refractivity (Wildman–Crippen MR) is 53.6 cm³/mol. The summed E-state index contributed by atoms with van der Waals surface area (Å²) < 4.78 is 47.1. The molecule has 15 heavy (non-hydrogen) atoms. The third kappa shape index (κ3) is 2.03. The molecule has 0 spiro atoms.